The van der Waals surface area contributed by atoms with Gasteiger partial charge in [0.1, 0.15) is 6.04 Å². The van der Waals surface area contributed by atoms with E-state index in [-0.39, 0.29) is 11.9 Å². The molecule has 1 rings (SSSR count). The smallest absolute Gasteiger partial charge is 0.320 e. The molecule has 0 aromatic carbocycles. The molecular formula is C7H14N4O2. The average Bonchev–Trinajstić information content (AvgIpc) is 2.48. The second-order valence-corrected chi connectivity index (χ2v) is 3.17. The molecule has 1 saturated heterocycles. The monoisotopic (exact) mass is 186 g/mol. The van der Waals surface area contributed by atoms with Crippen LogP contribution >= 0.6 is 0 Å². The molecule has 0 saturated carbocycles. The lowest BCUT2D eigenvalue weighted by Crippen LogP contribution is -2.29. The van der Waals surface area contributed by atoms with Crippen LogP contribution in [-0.4, -0.2) is 36.2 Å². The molecule has 0 amide bonds. The summed E-state index contributed by atoms with van der Waals surface area (Å²) >= 11 is 0. The van der Waals surface area contributed by atoms with Crippen LogP contribution in [0, 0.1) is 5.92 Å². The van der Waals surface area contributed by atoms with Crippen LogP contribution in [0.3, 0.4) is 0 Å². The van der Waals surface area contributed by atoms with Crippen LogP contribution in [0.25, 0.3) is 0 Å². The molecule has 1 heterocycles. The first kappa shape index (κ1) is 9.79. The Kier molecular flexibility index (Phi) is 3.07. The number of hydrogen-bond acceptors (Lipinski definition) is 3. The lowest BCUT2D eigenvalue weighted by Gasteiger charge is -2.03. The molecule has 1 fully saturated rings. The normalized spacial score (nSPS) is 27.1. The second-order valence-electron chi connectivity index (χ2n) is 3.17. The van der Waals surface area contributed by atoms with Crippen LogP contribution in [0.2, 0.25) is 0 Å². The highest BCUT2D eigenvalue weighted by Crippen LogP contribution is 2.14. The number of aliphatic carboxylic acids is 1. The number of guanidine groups is 1. The summed E-state index contributed by atoms with van der Waals surface area (Å²) in [7, 11) is 0. The topological polar surface area (TPSA) is 114 Å². The standard InChI is InChI=1S/C7H14N4O2/c8-7(9)11-3-4-1-5(6(12)13)10-2-4/h4-5,10H,1-3H2,(H,12,13)(H4,8,9,11)/t4-,5+/m1/s1. The van der Waals surface area contributed by atoms with Crippen molar-refractivity contribution < 1.29 is 9.90 Å². The predicted molar refractivity (Wildman–Crippen MR) is 48.2 cm³/mol. The van der Waals surface area contributed by atoms with Gasteiger partial charge in [-0.15, -0.1) is 0 Å². The van der Waals surface area contributed by atoms with E-state index in [4.69, 9.17) is 16.6 Å². The Hall–Kier alpha value is -1.30. The maximum Gasteiger partial charge on any atom is 0.320 e. The van der Waals surface area contributed by atoms with Crippen molar-refractivity contribution in [2.75, 3.05) is 13.1 Å². The van der Waals surface area contributed by atoms with Gasteiger partial charge in [0.15, 0.2) is 5.96 Å². The van der Waals surface area contributed by atoms with E-state index in [1.54, 1.807) is 0 Å². The summed E-state index contributed by atoms with van der Waals surface area (Å²) in [4.78, 5) is 14.4. The molecule has 6 heteroatoms. The van der Waals surface area contributed by atoms with E-state index in [0.717, 1.165) is 0 Å². The van der Waals surface area contributed by atoms with Gasteiger partial charge in [0, 0.05) is 13.1 Å². The number of nitrogens with two attached hydrogens (primary N) is 2. The summed E-state index contributed by atoms with van der Waals surface area (Å²) in [6, 6.07) is -0.445. The highest BCUT2D eigenvalue weighted by atomic mass is 16.4. The van der Waals surface area contributed by atoms with Crippen molar-refractivity contribution >= 4 is 11.9 Å². The van der Waals surface area contributed by atoms with Gasteiger partial charge in [0.05, 0.1) is 0 Å². The van der Waals surface area contributed by atoms with Gasteiger partial charge >= 0.3 is 5.97 Å². The molecule has 0 bridgehead atoms. The van der Waals surface area contributed by atoms with E-state index >= 15 is 0 Å². The van der Waals surface area contributed by atoms with Crippen molar-refractivity contribution in [2.24, 2.45) is 22.4 Å². The van der Waals surface area contributed by atoms with E-state index in [9.17, 15) is 4.79 Å². The van der Waals surface area contributed by atoms with Gasteiger partial charge in [-0.1, -0.05) is 0 Å². The van der Waals surface area contributed by atoms with Crippen molar-refractivity contribution in [3.63, 3.8) is 0 Å². The third kappa shape index (κ3) is 2.90. The van der Waals surface area contributed by atoms with Gasteiger partial charge in [0.25, 0.3) is 0 Å². The maximum atomic E-state index is 10.5. The van der Waals surface area contributed by atoms with Gasteiger partial charge in [-0.25, -0.2) is 0 Å². The minimum absolute atomic E-state index is 0.0544. The minimum atomic E-state index is -0.813. The van der Waals surface area contributed by atoms with E-state index in [0.29, 0.717) is 19.5 Å². The second kappa shape index (κ2) is 4.08. The van der Waals surface area contributed by atoms with Crippen LogP contribution in [-0.2, 0) is 4.79 Å². The molecule has 0 radical (unpaired) electrons. The van der Waals surface area contributed by atoms with Crippen molar-refractivity contribution in [3.8, 4) is 0 Å². The van der Waals surface area contributed by atoms with Gasteiger partial charge in [-0.2, -0.15) is 0 Å². The summed E-state index contributed by atoms with van der Waals surface area (Å²) in [6.07, 6.45) is 0.589. The number of carbonyl (C=O) groups is 1. The largest absolute Gasteiger partial charge is 0.480 e. The zero-order chi connectivity index (χ0) is 9.84. The maximum absolute atomic E-state index is 10.5. The van der Waals surface area contributed by atoms with Crippen molar-refractivity contribution in [1.29, 1.82) is 0 Å². The molecule has 6 nitrogen and oxygen atoms in total. The predicted octanol–water partition coefficient (Wildman–Crippen LogP) is -1.68. The number of carboxylic acids is 1. The molecule has 74 valence electrons. The molecule has 1 aliphatic rings. The van der Waals surface area contributed by atoms with Crippen LogP contribution in [0.5, 0.6) is 0 Å². The van der Waals surface area contributed by atoms with Crippen LogP contribution in [0.4, 0.5) is 0 Å². The lowest BCUT2D eigenvalue weighted by molar-refractivity contribution is -0.139. The molecule has 6 N–H and O–H groups in total. The number of aliphatic imine (C=N–C) groups is 1. The third-order valence-corrected chi connectivity index (χ3v) is 2.05. The fourth-order valence-electron chi connectivity index (χ4n) is 1.37. The van der Waals surface area contributed by atoms with Crippen LogP contribution < -0.4 is 16.8 Å². The van der Waals surface area contributed by atoms with Crippen molar-refractivity contribution in [3.05, 3.63) is 0 Å². The Bertz CT molecular complexity index is 225. The number of nitrogens with one attached hydrogen (secondary N) is 1. The minimum Gasteiger partial charge on any atom is -0.480 e. The van der Waals surface area contributed by atoms with E-state index < -0.39 is 12.0 Å². The summed E-state index contributed by atoms with van der Waals surface area (Å²) in [5.74, 6) is -0.533. The van der Waals surface area contributed by atoms with Crippen molar-refractivity contribution in [2.45, 2.75) is 12.5 Å². The molecule has 0 unspecified atom stereocenters. The molecule has 0 aliphatic carbocycles. The summed E-state index contributed by atoms with van der Waals surface area (Å²) in [5.41, 5.74) is 10.3. The summed E-state index contributed by atoms with van der Waals surface area (Å²) in [6.45, 7) is 1.16. The zero-order valence-electron chi connectivity index (χ0n) is 7.23. The molecular weight excluding hydrogens is 172 g/mol. The number of nitrogens with zero attached hydrogens (tertiary/aromatic N) is 1. The first-order chi connectivity index (χ1) is 6.09. The Labute approximate surface area is 76.0 Å². The lowest BCUT2D eigenvalue weighted by atomic mass is 10.1. The van der Waals surface area contributed by atoms with E-state index in [2.05, 4.69) is 10.3 Å². The highest BCUT2D eigenvalue weighted by molar-refractivity contribution is 5.75. The SMILES string of the molecule is NC(N)=NC[C@H]1CN[C@H](C(=O)O)C1. The van der Waals surface area contributed by atoms with E-state index in [1.165, 1.54) is 0 Å². The molecule has 0 aromatic rings. The van der Waals surface area contributed by atoms with Crippen LogP contribution in [0.15, 0.2) is 4.99 Å². The number of rotatable bonds is 3. The highest BCUT2D eigenvalue weighted by Gasteiger charge is 2.28. The van der Waals surface area contributed by atoms with Gasteiger partial charge in [-0.05, 0) is 12.3 Å². The quantitative estimate of drug-likeness (QED) is 0.310. The molecule has 2 atom stereocenters. The van der Waals surface area contributed by atoms with Gasteiger partial charge in [-0.3, -0.25) is 9.79 Å². The van der Waals surface area contributed by atoms with Crippen LogP contribution in [0.1, 0.15) is 6.42 Å². The van der Waals surface area contributed by atoms with E-state index in [1.807, 2.05) is 0 Å². The molecule has 13 heavy (non-hydrogen) atoms. The summed E-state index contributed by atoms with van der Waals surface area (Å²) < 4.78 is 0. The Balaban J connectivity index is 2.33. The fourth-order valence-corrected chi connectivity index (χ4v) is 1.37. The number of carboxylic acid groups (broad SMARTS) is 1. The molecule has 1 aliphatic heterocycles. The Morgan fingerprint density at radius 2 is 2.31 bits per heavy atom. The average molecular weight is 186 g/mol. The Morgan fingerprint density at radius 3 is 2.77 bits per heavy atom. The first-order valence-electron chi connectivity index (χ1n) is 4.11. The molecule has 0 spiro atoms. The summed E-state index contributed by atoms with van der Waals surface area (Å²) in [5, 5.41) is 11.5. The van der Waals surface area contributed by atoms with Gasteiger partial charge in [0.2, 0.25) is 0 Å². The van der Waals surface area contributed by atoms with Gasteiger partial charge < -0.3 is 21.9 Å². The van der Waals surface area contributed by atoms with Crippen molar-refractivity contribution in [1.82, 2.24) is 5.32 Å². The molecule has 0 aromatic heterocycles. The third-order valence-electron chi connectivity index (χ3n) is 2.05. The fraction of sp³-hybridized carbons (Fsp3) is 0.714. The first-order valence-corrected chi connectivity index (χ1v) is 4.11. The zero-order valence-corrected chi connectivity index (χ0v) is 7.23. The number of hydrogen-bond donors (Lipinski definition) is 4. The Morgan fingerprint density at radius 1 is 1.62 bits per heavy atom.